The van der Waals surface area contributed by atoms with Crippen molar-refractivity contribution in [1.29, 1.82) is 0 Å². The van der Waals surface area contributed by atoms with Crippen LogP contribution in [0.1, 0.15) is 57.0 Å². The van der Waals surface area contributed by atoms with Crippen molar-refractivity contribution >= 4 is 5.91 Å². The number of aromatic nitrogens is 1. The van der Waals surface area contributed by atoms with Crippen LogP contribution in [0.2, 0.25) is 0 Å². The van der Waals surface area contributed by atoms with Crippen LogP contribution in [0, 0.1) is 6.92 Å². The fourth-order valence-corrected chi connectivity index (χ4v) is 3.32. The zero-order valence-electron chi connectivity index (χ0n) is 16.5. The third kappa shape index (κ3) is 3.26. The molecule has 26 heavy (non-hydrogen) atoms. The van der Waals surface area contributed by atoms with Gasteiger partial charge in [0.2, 0.25) is 5.60 Å². The molecule has 1 N–H and O–H groups in total. The molecule has 0 bridgehead atoms. The summed E-state index contributed by atoms with van der Waals surface area (Å²) in [6, 6.07) is 12.1. The van der Waals surface area contributed by atoms with E-state index in [0.29, 0.717) is 6.54 Å². The van der Waals surface area contributed by atoms with Crippen molar-refractivity contribution in [2.45, 2.75) is 64.7 Å². The number of aryl methyl sites for hydroxylation is 1. The zero-order chi connectivity index (χ0) is 19.2. The standard InChI is InChI=1S/C22H28N2O2/c1-15-7-12-18(23-13-15)14-24-19(25)22(21(5,6)26-22)17-10-8-16(9-11-17)20(2,3)4/h7-13H,14H2,1-6H3,(H,24,25). The van der Waals surface area contributed by atoms with E-state index in [9.17, 15) is 4.79 Å². The van der Waals surface area contributed by atoms with E-state index in [4.69, 9.17) is 4.74 Å². The number of carbonyl (C=O) groups excluding carboxylic acids is 1. The molecule has 3 rings (SSSR count). The van der Waals surface area contributed by atoms with Crippen LogP contribution in [0.25, 0.3) is 0 Å². The number of epoxide rings is 1. The number of nitrogens with zero attached hydrogens (tertiary/aromatic N) is 1. The average molecular weight is 352 g/mol. The second-order valence-corrected chi connectivity index (χ2v) is 8.63. The van der Waals surface area contributed by atoms with E-state index in [1.165, 1.54) is 5.56 Å². The molecule has 1 aliphatic heterocycles. The molecule has 0 saturated carbocycles. The summed E-state index contributed by atoms with van der Waals surface area (Å²) in [5.41, 5.74) is 2.67. The first-order valence-corrected chi connectivity index (χ1v) is 9.07. The molecule has 0 radical (unpaired) electrons. The van der Waals surface area contributed by atoms with Gasteiger partial charge in [-0.2, -0.15) is 0 Å². The van der Waals surface area contributed by atoms with Gasteiger partial charge in [-0.05, 0) is 48.9 Å². The summed E-state index contributed by atoms with van der Waals surface area (Å²) in [7, 11) is 0. The molecule has 1 unspecified atom stereocenters. The van der Waals surface area contributed by atoms with Crippen LogP contribution < -0.4 is 5.32 Å². The second kappa shape index (κ2) is 6.20. The molecule has 4 heteroatoms. The highest BCUT2D eigenvalue weighted by atomic mass is 16.6. The van der Waals surface area contributed by atoms with E-state index in [2.05, 4.69) is 43.2 Å². The lowest BCUT2D eigenvalue weighted by atomic mass is 9.83. The van der Waals surface area contributed by atoms with Gasteiger partial charge in [-0.15, -0.1) is 0 Å². The molecule has 1 amide bonds. The van der Waals surface area contributed by atoms with Gasteiger partial charge < -0.3 is 10.1 Å². The molecule has 2 heterocycles. The summed E-state index contributed by atoms with van der Waals surface area (Å²) in [5, 5.41) is 2.99. The van der Waals surface area contributed by atoms with Crippen LogP contribution in [0.4, 0.5) is 0 Å². The topological polar surface area (TPSA) is 54.5 Å². The predicted octanol–water partition coefficient (Wildman–Crippen LogP) is 4.01. The Bertz CT molecular complexity index is 802. The molecule has 0 aliphatic carbocycles. The molecule has 1 aromatic heterocycles. The Morgan fingerprint density at radius 2 is 1.73 bits per heavy atom. The number of hydrogen-bond donors (Lipinski definition) is 1. The highest BCUT2D eigenvalue weighted by Gasteiger charge is 2.70. The molecular formula is C22H28N2O2. The van der Waals surface area contributed by atoms with Crippen LogP contribution in [0.5, 0.6) is 0 Å². The first-order chi connectivity index (χ1) is 12.1. The van der Waals surface area contributed by atoms with E-state index in [1.54, 1.807) is 6.20 Å². The van der Waals surface area contributed by atoms with Crippen molar-refractivity contribution in [2.24, 2.45) is 0 Å². The number of amides is 1. The first-order valence-electron chi connectivity index (χ1n) is 9.07. The maximum absolute atomic E-state index is 13.0. The first kappa shape index (κ1) is 18.6. The Hall–Kier alpha value is -2.20. The summed E-state index contributed by atoms with van der Waals surface area (Å²) in [6.07, 6.45) is 1.81. The summed E-state index contributed by atoms with van der Waals surface area (Å²) < 4.78 is 5.94. The monoisotopic (exact) mass is 352 g/mol. The third-order valence-electron chi connectivity index (χ3n) is 5.09. The molecule has 1 fully saturated rings. The van der Waals surface area contributed by atoms with Crippen molar-refractivity contribution in [3.8, 4) is 0 Å². The van der Waals surface area contributed by atoms with E-state index >= 15 is 0 Å². The number of pyridine rings is 1. The van der Waals surface area contributed by atoms with Crippen molar-refractivity contribution in [2.75, 3.05) is 0 Å². The normalized spacial score (nSPS) is 21.3. The van der Waals surface area contributed by atoms with Gasteiger partial charge >= 0.3 is 0 Å². The van der Waals surface area contributed by atoms with E-state index in [0.717, 1.165) is 16.8 Å². The minimum atomic E-state index is -0.936. The fourth-order valence-electron chi connectivity index (χ4n) is 3.32. The number of ether oxygens (including phenoxy) is 1. The van der Waals surface area contributed by atoms with E-state index < -0.39 is 11.2 Å². The molecular weight excluding hydrogens is 324 g/mol. The molecule has 138 valence electrons. The maximum Gasteiger partial charge on any atom is 0.260 e. The molecule has 4 nitrogen and oxygen atoms in total. The lowest BCUT2D eigenvalue weighted by Gasteiger charge is -2.21. The lowest BCUT2D eigenvalue weighted by molar-refractivity contribution is -0.126. The van der Waals surface area contributed by atoms with Gasteiger partial charge in [0, 0.05) is 6.20 Å². The molecule has 1 saturated heterocycles. The highest BCUT2D eigenvalue weighted by molar-refractivity contribution is 5.91. The molecule has 1 aliphatic rings. The van der Waals surface area contributed by atoms with Gasteiger partial charge in [0.05, 0.1) is 12.2 Å². The van der Waals surface area contributed by atoms with Crippen LogP contribution in [-0.2, 0) is 27.1 Å². The largest absolute Gasteiger partial charge is 0.348 e. The van der Waals surface area contributed by atoms with Gasteiger partial charge in [-0.25, -0.2) is 0 Å². The summed E-state index contributed by atoms with van der Waals surface area (Å²) in [5.74, 6) is -0.117. The zero-order valence-corrected chi connectivity index (χ0v) is 16.5. The Labute approximate surface area is 156 Å². The fraction of sp³-hybridized carbons (Fsp3) is 0.455. The third-order valence-corrected chi connectivity index (χ3v) is 5.09. The smallest absolute Gasteiger partial charge is 0.260 e. The number of carbonyl (C=O) groups is 1. The van der Waals surface area contributed by atoms with Crippen molar-refractivity contribution in [1.82, 2.24) is 10.3 Å². The Balaban J connectivity index is 1.80. The maximum atomic E-state index is 13.0. The van der Waals surface area contributed by atoms with Crippen LogP contribution in [0.15, 0.2) is 42.6 Å². The predicted molar refractivity (Wildman–Crippen MR) is 103 cm³/mol. The second-order valence-electron chi connectivity index (χ2n) is 8.63. The van der Waals surface area contributed by atoms with Gasteiger partial charge in [-0.1, -0.05) is 51.1 Å². The Morgan fingerprint density at radius 3 is 2.19 bits per heavy atom. The van der Waals surface area contributed by atoms with Gasteiger partial charge in [0.25, 0.3) is 5.91 Å². The Morgan fingerprint density at radius 1 is 1.12 bits per heavy atom. The molecule has 1 atom stereocenters. The van der Waals surface area contributed by atoms with Gasteiger partial charge in [0.15, 0.2) is 0 Å². The lowest BCUT2D eigenvalue weighted by Crippen LogP contribution is -2.39. The van der Waals surface area contributed by atoms with Crippen LogP contribution in [0.3, 0.4) is 0 Å². The van der Waals surface area contributed by atoms with Crippen molar-refractivity contribution < 1.29 is 9.53 Å². The number of nitrogens with one attached hydrogen (secondary N) is 1. The number of rotatable bonds is 4. The SMILES string of the molecule is Cc1ccc(CNC(=O)C2(c3ccc(C(C)(C)C)cc3)OC2(C)C)nc1. The van der Waals surface area contributed by atoms with Crippen molar-refractivity contribution in [3.05, 3.63) is 65.0 Å². The summed E-state index contributed by atoms with van der Waals surface area (Å²) >= 11 is 0. The summed E-state index contributed by atoms with van der Waals surface area (Å²) in [6.45, 7) is 12.8. The number of benzene rings is 1. The molecule has 2 aromatic rings. The highest BCUT2D eigenvalue weighted by Crippen LogP contribution is 2.55. The number of hydrogen-bond acceptors (Lipinski definition) is 3. The van der Waals surface area contributed by atoms with Gasteiger partial charge in [-0.3, -0.25) is 9.78 Å². The van der Waals surface area contributed by atoms with Crippen LogP contribution in [-0.4, -0.2) is 16.5 Å². The molecule has 0 spiro atoms. The summed E-state index contributed by atoms with van der Waals surface area (Å²) in [4.78, 5) is 17.3. The Kier molecular flexibility index (Phi) is 4.43. The minimum absolute atomic E-state index is 0.0744. The van der Waals surface area contributed by atoms with Gasteiger partial charge in [0.1, 0.15) is 5.60 Å². The average Bonchev–Trinajstić information content (AvgIpc) is 3.17. The van der Waals surface area contributed by atoms with E-state index in [1.807, 2.05) is 45.0 Å². The van der Waals surface area contributed by atoms with Crippen molar-refractivity contribution in [3.63, 3.8) is 0 Å². The molecule has 1 aromatic carbocycles. The van der Waals surface area contributed by atoms with Crippen LogP contribution >= 0.6 is 0 Å². The minimum Gasteiger partial charge on any atom is -0.348 e. The quantitative estimate of drug-likeness (QED) is 0.846. The van der Waals surface area contributed by atoms with E-state index in [-0.39, 0.29) is 11.3 Å².